The molecule has 2 amide bonds. The van der Waals surface area contributed by atoms with Crippen LogP contribution in [-0.2, 0) is 6.54 Å². The van der Waals surface area contributed by atoms with Crippen molar-refractivity contribution in [2.24, 2.45) is 0 Å². The molecule has 2 unspecified atom stereocenters. The minimum absolute atomic E-state index is 0.0693. The number of aromatic nitrogens is 1. The van der Waals surface area contributed by atoms with Gasteiger partial charge in [0.15, 0.2) is 0 Å². The molecule has 1 aromatic rings. The van der Waals surface area contributed by atoms with E-state index in [9.17, 15) is 9.90 Å². The fourth-order valence-corrected chi connectivity index (χ4v) is 2.82. The number of anilines is 1. The molecule has 6 heteroatoms. The first-order chi connectivity index (χ1) is 10.5. The molecule has 22 heavy (non-hydrogen) atoms. The van der Waals surface area contributed by atoms with Crippen molar-refractivity contribution in [1.29, 1.82) is 0 Å². The number of carbonyl (C=O) groups excluding carboxylic acids is 1. The van der Waals surface area contributed by atoms with Crippen LogP contribution >= 0.6 is 0 Å². The molecule has 0 bridgehead atoms. The van der Waals surface area contributed by atoms with Gasteiger partial charge in [-0.15, -0.1) is 0 Å². The molecule has 0 spiro atoms. The molecule has 0 radical (unpaired) electrons. The van der Waals surface area contributed by atoms with E-state index in [2.05, 4.69) is 10.3 Å². The van der Waals surface area contributed by atoms with E-state index in [1.807, 2.05) is 42.1 Å². The van der Waals surface area contributed by atoms with Crippen LogP contribution in [0.3, 0.4) is 0 Å². The Morgan fingerprint density at radius 3 is 3.00 bits per heavy atom. The lowest BCUT2D eigenvalue weighted by atomic mass is 10.1. The number of rotatable bonds is 5. The highest BCUT2D eigenvalue weighted by Crippen LogP contribution is 2.21. The third kappa shape index (κ3) is 4.34. The Hall–Kier alpha value is -1.82. The second kappa shape index (κ2) is 7.45. The molecule has 0 aromatic carbocycles. The molecule has 1 aromatic heterocycles. The first-order valence-electron chi connectivity index (χ1n) is 7.83. The molecular formula is C16H26N4O2. The van der Waals surface area contributed by atoms with Crippen LogP contribution in [0.25, 0.3) is 0 Å². The number of carbonyl (C=O) groups is 1. The molecule has 2 N–H and O–H groups in total. The van der Waals surface area contributed by atoms with Crippen molar-refractivity contribution in [3.05, 3.63) is 23.9 Å². The normalized spacial score (nSPS) is 19.1. The molecule has 1 aliphatic rings. The van der Waals surface area contributed by atoms with Gasteiger partial charge < -0.3 is 20.2 Å². The number of urea groups is 1. The Balaban J connectivity index is 1.90. The van der Waals surface area contributed by atoms with E-state index >= 15 is 0 Å². The van der Waals surface area contributed by atoms with Crippen molar-refractivity contribution < 1.29 is 9.90 Å². The van der Waals surface area contributed by atoms with E-state index in [1.54, 1.807) is 6.92 Å². The maximum absolute atomic E-state index is 12.3. The second-order valence-corrected chi connectivity index (χ2v) is 6.11. The van der Waals surface area contributed by atoms with E-state index in [-0.39, 0.29) is 18.2 Å². The topological polar surface area (TPSA) is 68.7 Å². The maximum atomic E-state index is 12.3. The third-order valence-corrected chi connectivity index (χ3v) is 3.92. The largest absolute Gasteiger partial charge is 0.393 e. The fourth-order valence-electron chi connectivity index (χ4n) is 2.82. The second-order valence-electron chi connectivity index (χ2n) is 6.11. The average molecular weight is 306 g/mol. The van der Waals surface area contributed by atoms with Gasteiger partial charge in [0.2, 0.25) is 0 Å². The standard InChI is InChI=1S/C16H26N4O2/c1-12(21)10-14-7-5-9-20(14)16(22)17-11-13-6-4-8-15(18-13)19(2)3/h4,6,8,12,14,21H,5,7,9-11H2,1-3H3,(H,17,22). The Bertz CT molecular complexity index is 505. The van der Waals surface area contributed by atoms with Crippen LogP contribution in [0.5, 0.6) is 0 Å². The lowest BCUT2D eigenvalue weighted by Gasteiger charge is -2.26. The molecular weight excluding hydrogens is 280 g/mol. The van der Waals surface area contributed by atoms with Crippen molar-refractivity contribution in [1.82, 2.24) is 15.2 Å². The van der Waals surface area contributed by atoms with E-state index in [4.69, 9.17) is 0 Å². The molecule has 0 aliphatic carbocycles. The molecule has 1 saturated heterocycles. The van der Waals surface area contributed by atoms with Crippen LogP contribution in [0.1, 0.15) is 31.9 Å². The highest BCUT2D eigenvalue weighted by molar-refractivity contribution is 5.74. The zero-order chi connectivity index (χ0) is 16.1. The number of aliphatic hydroxyl groups excluding tert-OH is 1. The van der Waals surface area contributed by atoms with Gasteiger partial charge in [0.1, 0.15) is 5.82 Å². The third-order valence-electron chi connectivity index (χ3n) is 3.92. The summed E-state index contributed by atoms with van der Waals surface area (Å²) in [5.74, 6) is 0.875. The first kappa shape index (κ1) is 16.5. The molecule has 122 valence electrons. The number of likely N-dealkylation sites (tertiary alicyclic amines) is 1. The Morgan fingerprint density at radius 2 is 2.32 bits per heavy atom. The van der Waals surface area contributed by atoms with Crippen LogP contribution in [0.2, 0.25) is 0 Å². The van der Waals surface area contributed by atoms with E-state index in [1.165, 1.54) is 0 Å². The molecule has 6 nitrogen and oxygen atoms in total. The van der Waals surface area contributed by atoms with Crippen LogP contribution in [0, 0.1) is 0 Å². The van der Waals surface area contributed by atoms with Crippen LogP contribution in [0.15, 0.2) is 18.2 Å². The lowest BCUT2D eigenvalue weighted by Crippen LogP contribution is -2.43. The van der Waals surface area contributed by atoms with Crippen molar-refractivity contribution in [3.63, 3.8) is 0 Å². The highest BCUT2D eigenvalue weighted by atomic mass is 16.3. The van der Waals surface area contributed by atoms with Gasteiger partial charge in [-0.25, -0.2) is 9.78 Å². The average Bonchev–Trinajstić information content (AvgIpc) is 2.92. The fraction of sp³-hybridized carbons (Fsp3) is 0.625. The summed E-state index contributed by atoms with van der Waals surface area (Å²) in [5, 5.41) is 12.5. The Morgan fingerprint density at radius 1 is 1.55 bits per heavy atom. The van der Waals surface area contributed by atoms with Gasteiger partial charge in [0, 0.05) is 26.7 Å². The van der Waals surface area contributed by atoms with Gasteiger partial charge in [-0.05, 0) is 38.3 Å². The van der Waals surface area contributed by atoms with Gasteiger partial charge in [0.05, 0.1) is 18.3 Å². The summed E-state index contributed by atoms with van der Waals surface area (Å²) in [6, 6.07) is 5.85. The summed E-state index contributed by atoms with van der Waals surface area (Å²) in [4.78, 5) is 20.6. The van der Waals surface area contributed by atoms with Crippen LogP contribution in [0.4, 0.5) is 10.6 Å². The minimum atomic E-state index is -0.378. The minimum Gasteiger partial charge on any atom is -0.393 e. The Kier molecular flexibility index (Phi) is 5.60. The molecule has 1 aliphatic heterocycles. The van der Waals surface area contributed by atoms with Crippen LogP contribution < -0.4 is 10.2 Å². The molecule has 2 heterocycles. The van der Waals surface area contributed by atoms with Gasteiger partial charge in [-0.2, -0.15) is 0 Å². The maximum Gasteiger partial charge on any atom is 0.317 e. The predicted octanol–water partition coefficient (Wildman–Crippen LogP) is 1.59. The monoisotopic (exact) mass is 306 g/mol. The number of amides is 2. The first-order valence-corrected chi connectivity index (χ1v) is 7.83. The zero-order valence-corrected chi connectivity index (χ0v) is 13.6. The van der Waals surface area contributed by atoms with Gasteiger partial charge in [-0.3, -0.25) is 0 Å². The van der Waals surface area contributed by atoms with Crippen molar-refractivity contribution in [3.8, 4) is 0 Å². The zero-order valence-electron chi connectivity index (χ0n) is 13.6. The number of nitrogens with zero attached hydrogens (tertiary/aromatic N) is 3. The van der Waals surface area contributed by atoms with Crippen molar-refractivity contribution in [2.75, 3.05) is 25.5 Å². The van der Waals surface area contributed by atoms with E-state index in [0.29, 0.717) is 13.0 Å². The highest BCUT2D eigenvalue weighted by Gasteiger charge is 2.29. The van der Waals surface area contributed by atoms with Crippen molar-refractivity contribution in [2.45, 2.75) is 44.9 Å². The van der Waals surface area contributed by atoms with Crippen molar-refractivity contribution >= 4 is 11.8 Å². The summed E-state index contributed by atoms with van der Waals surface area (Å²) in [6.45, 7) is 2.94. The van der Waals surface area contributed by atoms with Crippen LogP contribution in [-0.4, -0.2) is 53.8 Å². The van der Waals surface area contributed by atoms with E-state index < -0.39 is 0 Å². The number of pyridine rings is 1. The quantitative estimate of drug-likeness (QED) is 0.867. The van der Waals surface area contributed by atoms with E-state index in [0.717, 1.165) is 30.9 Å². The molecule has 1 fully saturated rings. The molecule has 2 rings (SSSR count). The number of nitrogens with one attached hydrogen (secondary N) is 1. The summed E-state index contributed by atoms with van der Waals surface area (Å²) in [6.07, 6.45) is 2.23. The SMILES string of the molecule is CC(O)CC1CCCN1C(=O)NCc1cccc(N(C)C)n1. The van der Waals surface area contributed by atoms with Gasteiger partial charge in [0.25, 0.3) is 0 Å². The summed E-state index contributed by atoms with van der Waals surface area (Å²) in [5.41, 5.74) is 0.839. The molecule has 2 atom stereocenters. The summed E-state index contributed by atoms with van der Waals surface area (Å²) < 4.78 is 0. The molecule has 0 saturated carbocycles. The van der Waals surface area contributed by atoms with Gasteiger partial charge >= 0.3 is 6.03 Å². The predicted molar refractivity (Wildman–Crippen MR) is 86.8 cm³/mol. The lowest BCUT2D eigenvalue weighted by molar-refractivity contribution is 0.138. The number of hydrogen-bond donors (Lipinski definition) is 2. The summed E-state index contributed by atoms with van der Waals surface area (Å²) >= 11 is 0. The Labute approximate surface area is 132 Å². The smallest absolute Gasteiger partial charge is 0.317 e. The van der Waals surface area contributed by atoms with Gasteiger partial charge in [-0.1, -0.05) is 6.07 Å². The number of aliphatic hydroxyl groups is 1. The number of hydrogen-bond acceptors (Lipinski definition) is 4. The summed E-state index contributed by atoms with van der Waals surface area (Å²) in [7, 11) is 3.88.